The van der Waals surface area contributed by atoms with Crippen molar-refractivity contribution in [3.8, 4) is 0 Å². The summed E-state index contributed by atoms with van der Waals surface area (Å²) >= 11 is 0. The van der Waals surface area contributed by atoms with Crippen LogP contribution in [-0.4, -0.2) is 30.9 Å². The molecule has 0 bridgehead atoms. The molecule has 5 heteroatoms. The van der Waals surface area contributed by atoms with Gasteiger partial charge in [-0.1, -0.05) is 75.2 Å². The molecule has 0 saturated carbocycles. The molecule has 1 aliphatic carbocycles. The maximum atomic E-state index is 12.1. The van der Waals surface area contributed by atoms with Crippen LogP contribution < -0.4 is 0 Å². The van der Waals surface area contributed by atoms with Crippen LogP contribution in [0.2, 0.25) is 0 Å². The Morgan fingerprint density at radius 1 is 0.679 bits per heavy atom. The molecular formula is C23H26O5. The van der Waals surface area contributed by atoms with E-state index in [2.05, 4.69) is 0 Å². The minimum atomic E-state index is -0.531. The number of ketones is 2. The van der Waals surface area contributed by atoms with Crippen LogP contribution in [0.5, 0.6) is 0 Å². The number of hydrogen-bond donors (Lipinski definition) is 0. The Hall–Kier alpha value is -2.95. The average Bonchev–Trinajstić information content (AvgIpc) is 2.73. The Kier molecular flexibility index (Phi) is 8.40. The highest BCUT2D eigenvalue weighted by Gasteiger charge is 2.28. The number of carbonyl (C=O) groups is 3. The van der Waals surface area contributed by atoms with E-state index in [1.54, 1.807) is 48.5 Å². The van der Waals surface area contributed by atoms with E-state index in [9.17, 15) is 14.4 Å². The maximum absolute atomic E-state index is 12.1. The first-order valence-electron chi connectivity index (χ1n) is 9.67. The van der Waals surface area contributed by atoms with Crippen molar-refractivity contribution in [2.24, 2.45) is 0 Å². The second kappa shape index (κ2) is 11.0. The van der Waals surface area contributed by atoms with Crippen molar-refractivity contribution in [3.63, 3.8) is 0 Å². The van der Waals surface area contributed by atoms with Crippen molar-refractivity contribution in [3.05, 3.63) is 70.8 Å². The van der Waals surface area contributed by atoms with E-state index in [4.69, 9.17) is 9.47 Å². The van der Waals surface area contributed by atoms with Crippen LogP contribution in [0, 0.1) is 0 Å². The zero-order valence-corrected chi connectivity index (χ0v) is 16.4. The zero-order valence-electron chi connectivity index (χ0n) is 16.4. The van der Waals surface area contributed by atoms with Crippen LogP contribution in [0.15, 0.2) is 48.5 Å². The smallest absolute Gasteiger partial charge is 0.434 e. The molecule has 0 N–H and O–H groups in total. The molecule has 0 fully saturated rings. The lowest BCUT2D eigenvalue weighted by Crippen LogP contribution is -2.20. The van der Waals surface area contributed by atoms with Gasteiger partial charge in [0.25, 0.3) is 0 Å². The van der Waals surface area contributed by atoms with Crippen LogP contribution in [0.3, 0.4) is 0 Å². The lowest BCUT2D eigenvalue weighted by Gasteiger charge is -2.16. The molecule has 28 heavy (non-hydrogen) atoms. The van der Waals surface area contributed by atoms with Crippen LogP contribution in [-0.2, 0) is 9.47 Å². The number of fused-ring (bicyclic) bond motifs is 2. The molecule has 3 rings (SSSR count). The molecule has 0 radical (unpaired) electrons. The van der Waals surface area contributed by atoms with Crippen molar-refractivity contribution in [1.29, 1.82) is 0 Å². The summed E-state index contributed by atoms with van der Waals surface area (Å²) in [4.78, 5) is 35.0. The van der Waals surface area contributed by atoms with Gasteiger partial charge in [0.15, 0.2) is 11.6 Å². The van der Waals surface area contributed by atoms with Gasteiger partial charge in [0.2, 0.25) is 0 Å². The first-order chi connectivity index (χ1) is 13.6. The Labute approximate surface area is 165 Å². The standard InChI is InChI=1S/C14H8O2.C9H18O3/c15-13-9-5-1-2-6-10(9)14(16)12-8-4-3-7-11(12)13;1-3-5-7-11-9(10)12-8-6-4-2/h1-8H;3-8H2,1-2H3. The van der Waals surface area contributed by atoms with Gasteiger partial charge in [0.05, 0.1) is 13.2 Å². The normalized spacial score (nSPS) is 11.6. The highest BCUT2D eigenvalue weighted by molar-refractivity contribution is 6.28. The minimum Gasteiger partial charge on any atom is -0.434 e. The van der Waals surface area contributed by atoms with E-state index in [0.29, 0.717) is 35.5 Å². The molecule has 0 aliphatic heterocycles. The molecule has 2 aromatic rings. The number of hydrogen-bond acceptors (Lipinski definition) is 5. The first-order valence-corrected chi connectivity index (χ1v) is 9.67. The highest BCUT2D eigenvalue weighted by atomic mass is 16.7. The predicted octanol–water partition coefficient (Wildman–Crippen LogP) is 5.20. The zero-order chi connectivity index (χ0) is 20.4. The van der Waals surface area contributed by atoms with E-state index in [0.717, 1.165) is 25.7 Å². The van der Waals surface area contributed by atoms with Gasteiger partial charge >= 0.3 is 6.16 Å². The SMILES string of the molecule is CCCCOC(=O)OCCCC.O=C1c2ccccc2C(=O)c2ccccc21. The third-order valence-electron chi connectivity index (χ3n) is 4.27. The number of benzene rings is 2. The van der Waals surface area contributed by atoms with E-state index in [-0.39, 0.29) is 11.6 Å². The molecule has 0 spiro atoms. The van der Waals surface area contributed by atoms with Gasteiger partial charge in [-0.25, -0.2) is 4.79 Å². The van der Waals surface area contributed by atoms with E-state index in [1.165, 1.54) is 0 Å². The average molecular weight is 382 g/mol. The third kappa shape index (κ3) is 5.52. The Balaban J connectivity index is 0.000000211. The number of ether oxygens (including phenoxy) is 2. The minimum absolute atomic E-state index is 0.0641. The van der Waals surface area contributed by atoms with Crippen LogP contribution in [0.25, 0.3) is 0 Å². The maximum Gasteiger partial charge on any atom is 0.508 e. The fourth-order valence-electron chi connectivity index (χ4n) is 2.69. The molecule has 5 nitrogen and oxygen atoms in total. The second-order valence-electron chi connectivity index (χ2n) is 6.40. The molecule has 0 aromatic heterocycles. The lowest BCUT2D eigenvalue weighted by atomic mass is 9.84. The van der Waals surface area contributed by atoms with E-state index in [1.807, 2.05) is 13.8 Å². The summed E-state index contributed by atoms with van der Waals surface area (Å²) in [6, 6.07) is 13.9. The molecule has 148 valence electrons. The third-order valence-corrected chi connectivity index (χ3v) is 4.27. The number of carbonyl (C=O) groups excluding carboxylic acids is 3. The lowest BCUT2D eigenvalue weighted by molar-refractivity contribution is 0.0536. The molecular weight excluding hydrogens is 356 g/mol. The second-order valence-corrected chi connectivity index (χ2v) is 6.40. The van der Waals surface area contributed by atoms with Crippen LogP contribution in [0.1, 0.15) is 71.4 Å². The van der Waals surface area contributed by atoms with Gasteiger partial charge in [0, 0.05) is 22.3 Å². The van der Waals surface area contributed by atoms with Gasteiger partial charge < -0.3 is 9.47 Å². The number of unbranched alkanes of at least 4 members (excludes halogenated alkanes) is 2. The molecule has 2 aromatic carbocycles. The molecule has 1 aliphatic rings. The molecule has 0 heterocycles. The quantitative estimate of drug-likeness (QED) is 0.433. The molecule has 0 saturated heterocycles. The summed E-state index contributed by atoms with van der Waals surface area (Å²) in [7, 11) is 0. The number of rotatable bonds is 6. The van der Waals surface area contributed by atoms with Crippen molar-refractivity contribution in [2.75, 3.05) is 13.2 Å². The monoisotopic (exact) mass is 382 g/mol. The summed E-state index contributed by atoms with van der Waals surface area (Å²) in [5.74, 6) is -0.128. The van der Waals surface area contributed by atoms with E-state index >= 15 is 0 Å². The van der Waals surface area contributed by atoms with Crippen molar-refractivity contribution >= 4 is 17.7 Å². The molecule has 0 unspecified atom stereocenters. The van der Waals surface area contributed by atoms with E-state index < -0.39 is 6.16 Å². The van der Waals surface area contributed by atoms with Crippen molar-refractivity contribution in [2.45, 2.75) is 39.5 Å². The van der Waals surface area contributed by atoms with Crippen molar-refractivity contribution < 1.29 is 23.9 Å². The van der Waals surface area contributed by atoms with Gasteiger partial charge in [-0.05, 0) is 12.8 Å². The largest absolute Gasteiger partial charge is 0.508 e. The first kappa shape index (κ1) is 21.4. The summed E-state index contributed by atoms with van der Waals surface area (Å²) < 4.78 is 9.54. The van der Waals surface area contributed by atoms with Gasteiger partial charge in [-0.15, -0.1) is 0 Å². The Bertz CT molecular complexity index is 708. The van der Waals surface area contributed by atoms with Gasteiger partial charge in [-0.2, -0.15) is 0 Å². The highest BCUT2D eigenvalue weighted by Crippen LogP contribution is 2.26. The summed E-state index contributed by atoms with van der Waals surface area (Å²) in [5.41, 5.74) is 2.02. The Morgan fingerprint density at radius 3 is 1.29 bits per heavy atom. The van der Waals surface area contributed by atoms with Gasteiger partial charge in [0.1, 0.15) is 0 Å². The fraction of sp³-hybridized carbons (Fsp3) is 0.348. The van der Waals surface area contributed by atoms with Gasteiger partial charge in [-0.3, -0.25) is 9.59 Å². The summed E-state index contributed by atoms with van der Waals surface area (Å²) in [5, 5.41) is 0. The Morgan fingerprint density at radius 2 is 1.00 bits per heavy atom. The van der Waals surface area contributed by atoms with Crippen LogP contribution in [0.4, 0.5) is 4.79 Å². The summed E-state index contributed by atoms with van der Waals surface area (Å²) in [6.45, 7) is 5.04. The summed E-state index contributed by atoms with van der Waals surface area (Å²) in [6.07, 6.45) is 3.34. The topological polar surface area (TPSA) is 69.7 Å². The fourth-order valence-corrected chi connectivity index (χ4v) is 2.69. The molecule has 0 amide bonds. The van der Waals surface area contributed by atoms with Crippen LogP contribution >= 0.6 is 0 Å². The molecule has 0 atom stereocenters. The predicted molar refractivity (Wildman–Crippen MR) is 107 cm³/mol. The van der Waals surface area contributed by atoms with Crippen molar-refractivity contribution in [1.82, 2.24) is 0 Å².